The maximum Gasteiger partial charge on any atom is 0.282 e. The van der Waals surface area contributed by atoms with E-state index in [2.05, 4.69) is 10.3 Å². The summed E-state index contributed by atoms with van der Waals surface area (Å²) in [5, 5.41) is 25.7. The summed E-state index contributed by atoms with van der Waals surface area (Å²) in [6.07, 6.45) is 0.544. The molecule has 0 aliphatic rings. The molecule has 21 heavy (non-hydrogen) atoms. The topological polar surface area (TPSA) is 105 Å². The Morgan fingerprint density at radius 3 is 2.90 bits per heavy atom. The summed E-state index contributed by atoms with van der Waals surface area (Å²) in [5.41, 5.74) is 0.368. The summed E-state index contributed by atoms with van der Waals surface area (Å²) >= 11 is 1.52. The standard InChI is InChI=1S/C13H13N3O4S/c1-8-15-9(7-21-8)4-5-14-13(18)11-6-10(17)2-3-12(11)16(19)20/h2-3,6-7,17H,4-5H2,1H3,(H,14,18). The van der Waals surface area contributed by atoms with Crippen LogP contribution < -0.4 is 5.32 Å². The van der Waals surface area contributed by atoms with E-state index in [1.54, 1.807) is 0 Å². The molecule has 0 aliphatic carbocycles. The first-order chi connectivity index (χ1) is 9.97. The van der Waals surface area contributed by atoms with Crippen molar-refractivity contribution < 1.29 is 14.8 Å². The second kappa shape index (κ2) is 6.31. The van der Waals surface area contributed by atoms with Gasteiger partial charge in [-0.3, -0.25) is 14.9 Å². The number of nitrogens with one attached hydrogen (secondary N) is 1. The number of phenolic OH excluding ortho intramolecular Hbond substituents is 1. The number of nitro groups is 1. The number of nitrogens with zero attached hydrogens (tertiary/aromatic N) is 2. The van der Waals surface area contributed by atoms with Gasteiger partial charge in [0.05, 0.1) is 15.6 Å². The van der Waals surface area contributed by atoms with Crippen LogP contribution in [0.25, 0.3) is 0 Å². The van der Waals surface area contributed by atoms with Crippen LogP contribution in [0, 0.1) is 17.0 Å². The number of aromatic hydroxyl groups is 1. The maximum absolute atomic E-state index is 12.0. The van der Waals surface area contributed by atoms with Crippen molar-refractivity contribution in [1.82, 2.24) is 10.3 Å². The lowest BCUT2D eigenvalue weighted by Gasteiger charge is -2.05. The lowest BCUT2D eigenvalue weighted by atomic mass is 10.1. The molecule has 0 saturated heterocycles. The van der Waals surface area contributed by atoms with Gasteiger partial charge < -0.3 is 10.4 Å². The van der Waals surface area contributed by atoms with E-state index in [0.29, 0.717) is 13.0 Å². The molecule has 1 aromatic heterocycles. The van der Waals surface area contributed by atoms with Crippen molar-refractivity contribution >= 4 is 22.9 Å². The van der Waals surface area contributed by atoms with E-state index in [1.807, 2.05) is 12.3 Å². The van der Waals surface area contributed by atoms with E-state index in [4.69, 9.17) is 0 Å². The minimum absolute atomic E-state index is 0.158. The SMILES string of the molecule is Cc1nc(CCNC(=O)c2cc(O)ccc2[N+](=O)[O-])cs1. The number of aromatic nitrogens is 1. The molecule has 110 valence electrons. The van der Waals surface area contributed by atoms with Crippen molar-refractivity contribution in [2.75, 3.05) is 6.54 Å². The fourth-order valence-corrected chi connectivity index (χ4v) is 2.43. The molecule has 0 spiro atoms. The van der Waals surface area contributed by atoms with Crippen LogP contribution in [0.1, 0.15) is 21.1 Å². The molecule has 0 aliphatic heterocycles. The lowest BCUT2D eigenvalue weighted by molar-refractivity contribution is -0.385. The fraction of sp³-hybridized carbons (Fsp3) is 0.231. The number of hydrogen-bond acceptors (Lipinski definition) is 6. The average molecular weight is 307 g/mol. The van der Waals surface area contributed by atoms with Gasteiger partial charge in [0.1, 0.15) is 11.3 Å². The smallest absolute Gasteiger partial charge is 0.282 e. The molecule has 2 N–H and O–H groups in total. The third kappa shape index (κ3) is 3.76. The molecule has 1 heterocycles. The van der Waals surface area contributed by atoms with Crippen LogP contribution in [0.15, 0.2) is 23.6 Å². The van der Waals surface area contributed by atoms with E-state index in [0.717, 1.165) is 22.8 Å². The molecule has 0 bridgehead atoms. The van der Waals surface area contributed by atoms with E-state index in [-0.39, 0.29) is 17.0 Å². The van der Waals surface area contributed by atoms with Crippen LogP contribution in [-0.4, -0.2) is 27.5 Å². The van der Waals surface area contributed by atoms with Crippen molar-refractivity contribution in [3.05, 3.63) is 50.0 Å². The first-order valence-electron chi connectivity index (χ1n) is 6.14. The van der Waals surface area contributed by atoms with Crippen molar-refractivity contribution in [3.63, 3.8) is 0 Å². The van der Waals surface area contributed by atoms with Crippen LogP contribution in [0.3, 0.4) is 0 Å². The van der Waals surface area contributed by atoms with Crippen LogP contribution in [0.4, 0.5) is 5.69 Å². The Balaban J connectivity index is 2.03. The zero-order valence-corrected chi connectivity index (χ0v) is 12.0. The monoisotopic (exact) mass is 307 g/mol. The van der Waals surface area contributed by atoms with Gasteiger partial charge >= 0.3 is 0 Å². The number of carbonyl (C=O) groups is 1. The number of thiazole rings is 1. The fourth-order valence-electron chi connectivity index (χ4n) is 1.79. The number of phenols is 1. The quantitative estimate of drug-likeness (QED) is 0.649. The van der Waals surface area contributed by atoms with Crippen LogP contribution in [0.2, 0.25) is 0 Å². The minimum Gasteiger partial charge on any atom is -0.508 e. The third-order valence-electron chi connectivity index (χ3n) is 2.75. The van der Waals surface area contributed by atoms with Gasteiger partial charge in [0, 0.05) is 24.4 Å². The highest BCUT2D eigenvalue weighted by Crippen LogP contribution is 2.23. The van der Waals surface area contributed by atoms with Gasteiger partial charge in [0.25, 0.3) is 11.6 Å². The molecule has 2 aromatic rings. The van der Waals surface area contributed by atoms with Crippen molar-refractivity contribution in [2.24, 2.45) is 0 Å². The molecule has 0 radical (unpaired) electrons. The number of aryl methyl sites for hydroxylation is 1. The van der Waals surface area contributed by atoms with Gasteiger partial charge in [-0.25, -0.2) is 4.98 Å². The third-order valence-corrected chi connectivity index (χ3v) is 3.58. The first kappa shape index (κ1) is 14.9. The second-order valence-corrected chi connectivity index (χ2v) is 5.38. The van der Waals surface area contributed by atoms with Crippen LogP contribution in [-0.2, 0) is 6.42 Å². The highest BCUT2D eigenvalue weighted by atomic mass is 32.1. The summed E-state index contributed by atoms with van der Waals surface area (Å²) in [6.45, 7) is 2.21. The normalized spacial score (nSPS) is 10.3. The molecule has 1 aromatic carbocycles. The summed E-state index contributed by atoms with van der Waals surface area (Å²) in [4.78, 5) is 26.4. The van der Waals surface area contributed by atoms with Crippen molar-refractivity contribution in [1.29, 1.82) is 0 Å². The Morgan fingerprint density at radius 1 is 1.52 bits per heavy atom. The Morgan fingerprint density at radius 2 is 2.29 bits per heavy atom. The number of carbonyl (C=O) groups excluding carboxylic acids is 1. The number of amides is 1. The van der Waals surface area contributed by atoms with Gasteiger partial charge in [0.15, 0.2) is 0 Å². The number of benzene rings is 1. The lowest BCUT2D eigenvalue weighted by Crippen LogP contribution is -2.26. The minimum atomic E-state index is -0.655. The second-order valence-electron chi connectivity index (χ2n) is 4.32. The molecule has 0 atom stereocenters. The van der Waals surface area contributed by atoms with Crippen LogP contribution in [0.5, 0.6) is 5.75 Å². The van der Waals surface area contributed by atoms with Crippen molar-refractivity contribution in [2.45, 2.75) is 13.3 Å². The molecule has 1 amide bonds. The van der Waals surface area contributed by atoms with E-state index >= 15 is 0 Å². The number of rotatable bonds is 5. The predicted molar refractivity (Wildman–Crippen MR) is 77.6 cm³/mol. The van der Waals surface area contributed by atoms with Crippen LogP contribution >= 0.6 is 11.3 Å². The summed E-state index contributed by atoms with van der Waals surface area (Å²) < 4.78 is 0. The Labute approximate surface area is 124 Å². The zero-order chi connectivity index (χ0) is 15.4. The molecule has 0 fully saturated rings. The molecule has 0 saturated carbocycles. The van der Waals surface area contributed by atoms with E-state index < -0.39 is 10.8 Å². The highest BCUT2D eigenvalue weighted by Gasteiger charge is 2.20. The average Bonchev–Trinajstić information content (AvgIpc) is 2.84. The molecule has 0 unspecified atom stereocenters. The summed E-state index contributed by atoms with van der Waals surface area (Å²) in [5.74, 6) is -0.787. The highest BCUT2D eigenvalue weighted by molar-refractivity contribution is 7.09. The zero-order valence-electron chi connectivity index (χ0n) is 11.2. The molecule has 2 rings (SSSR count). The largest absolute Gasteiger partial charge is 0.508 e. The number of nitro benzene ring substituents is 1. The van der Waals surface area contributed by atoms with Gasteiger partial charge in [-0.1, -0.05) is 0 Å². The first-order valence-corrected chi connectivity index (χ1v) is 7.02. The van der Waals surface area contributed by atoms with Crippen molar-refractivity contribution in [3.8, 4) is 5.75 Å². The maximum atomic E-state index is 12.0. The molecule has 8 heteroatoms. The van der Waals surface area contributed by atoms with E-state index in [9.17, 15) is 20.0 Å². The van der Waals surface area contributed by atoms with Gasteiger partial charge in [-0.2, -0.15) is 0 Å². The molecule has 7 nitrogen and oxygen atoms in total. The number of hydrogen-bond donors (Lipinski definition) is 2. The van der Waals surface area contributed by atoms with Gasteiger partial charge in [0.2, 0.25) is 0 Å². The summed E-state index contributed by atoms with van der Waals surface area (Å²) in [7, 11) is 0. The molecular weight excluding hydrogens is 294 g/mol. The van der Waals surface area contributed by atoms with Gasteiger partial charge in [-0.15, -0.1) is 11.3 Å². The van der Waals surface area contributed by atoms with E-state index in [1.165, 1.54) is 17.4 Å². The molecular formula is C13H13N3O4S. The predicted octanol–water partition coefficient (Wildman–Crippen LogP) is 2.04. The Kier molecular flexibility index (Phi) is 4.49. The Hall–Kier alpha value is -2.48. The summed E-state index contributed by atoms with van der Waals surface area (Å²) in [6, 6.07) is 3.36. The Bertz CT molecular complexity index is 684. The van der Waals surface area contributed by atoms with Gasteiger partial charge in [-0.05, 0) is 19.1 Å².